The van der Waals surface area contributed by atoms with Gasteiger partial charge in [-0.25, -0.2) is 0 Å². The van der Waals surface area contributed by atoms with Crippen molar-refractivity contribution < 1.29 is 4.74 Å². The van der Waals surface area contributed by atoms with Crippen LogP contribution in [0.2, 0.25) is 0 Å². The van der Waals surface area contributed by atoms with E-state index in [9.17, 15) is 0 Å². The summed E-state index contributed by atoms with van der Waals surface area (Å²) in [4.78, 5) is 0. The van der Waals surface area contributed by atoms with Gasteiger partial charge in [-0.1, -0.05) is 5.92 Å². The highest BCUT2D eigenvalue weighted by Crippen LogP contribution is 2.03. The Morgan fingerprint density at radius 3 is 2.70 bits per heavy atom. The number of ether oxygens (including phenoxy) is 1. The third kappa shape index (κ3) is 1.21. The molecule has 0 amide bonds. The summed E-state index contributed by atoms with van der Waals surface area (Å²) in [6.45, 7) is 0. The van der Waals surface area contributed by atoms with Gasteiger partial charge in [-0.15, -0.1) is 6.42 Å². The van der Waals surface area contributed by atoms with Gasteiger partial charge in [-0.05, 0) is 24.3 Å². The Labute approximate surface area is 60.6 Å². The van der Waals surface area contributed by atoms with E-state index in [4.69, 9.17) is 11.2 Å². The first-order valence-electron chi connectivity index (χ1n) is 2.81. The van der Waals surface area contributed by atoms with Crippen molar-refractivity contribution in [2.24, 2.45) is 0 Å². The number of methoxy groups -OCH3 is 1. The predicted molar refractivity (Wildman–Crippen MR) is 38.6 cm³/mol. The van der Waals surface area contributed by atoms with Crippen LogP contribution in [0.5, 0.6) is 5.75 Å². The van der Waals surface area contributed by atoms with Crippen LogP contribution in [0.15, 0.2) is 12.1 Å². The summed E-state index contributed by atoms with van der Waals surface area (Å²) in [5, 5.41) is 0. The maximum Gasteiger partial charge on any atom is 0.169 e. The minimum Gasteiger partial charge on any atom is -0.489 e. The smallest absolute Gasteiger partial charge is 0.169 e. The molecule has 0 saturated heterocycles. The highest BCUT2D eigenvalue weighted by Gasteiger charge is 1.85. The number of rotatable bonds is 1. The fourth-order valence-electron chi connectivity index (χ4n) is 0.575. The van der Waals surface area contributed by atoms with Crippen molar-refractivity contribution in [3.8, 4) is 18.1 Å². The Bertz CT molecular complexity index is 240. The maximum absolute atomic E-state index is 5.10. The minimum atomic E-state index is 0.652. The largest absolute Gasteiger partial charge is 0.489 e. The summed E-state index contributed by atoms with van der Waals surface area (Å²) in [5.41, 5.74) is 0.695. The van der Waals surface area contributed by atoms with E-state index >= 15 is 0 Å². The summed E-state index contributed by atoms with van der Waals surface area (Å²) in [5.74, 6) is 3.09. The molecule has 0 N–H and O–H groups in total. The Hall–Kier alpha value is -1.60. The van der Waals surface area contributed by atoms with Crippen LogP contribution >= 0.6 is 0 Å². The van der Waals surface area contributed by atoms with Crippen LogP contribution in [0.1, 0.15) is 5.56 Å². The summed E-state index contributed by atoms with van der Waals surface area (Å²) in [6, 6.07) is 9.01. The molecule has 0 aromatic heterocycles. The molecule has 0 heterocycles. The van der Waals surface area contributed by atoms with Gasteiger partial charge in [-0.3, -0.25) is 0 Å². The highest BCUT2D eigenvalue weighted by atomic mass is 16.5. The van der Waals surface area contributed by atoms with E-state index in [0.29, 0.717) is 11.3 Å². The summed E-state index contributed by atoms with van der Waals surface area (Å²) < 4.78 is 4.86. The first-order chi connectivity index (χ1) is 4.86. The van der Waals surface area contributed by atoms with Gasteiger partial charge in [-0.2, -0.15) is 0 Å². The molecule has 0 aliphatic rings. The molecule has 0 unspecified atom stereocenters. The predicted octanol–water partition coefficient (Wildman–Crippen LogP) is 1.28. The van der Waals surface area contributed by atoms with Gasteiger partial charge in [0, 0.05) is 0 Å². The quantitative estimate of drug-likeness (QED) is 0.520. The Morgan fingerprint density at radius 2 is 2.30 bits per heavy atom. The van der Waals surface area contributed by atoms with Gasteiger partial charge in [0.2, 0.25) is 0 Å². The lowest BCUT2D eigenvalue weighted by Gasteiger charge is -1.91. The fourth-order valence-corrected chi connectivity index (χ4v) is 0.575. The van der Waals surface area contributed by atoms with Gasteiger partial charge >= 0.3 is 0 Å². The van der Waals surface area contributed by atoms with Crippen molar-refractivity contribution in [2.45, 2.75) is 0 Å². The number of hydrogen-bond acceptors (Lipinski definition) is 1. The zero-order valence-electron chi connectivity index (χ0n) is 5.64. The van der Waals surface area contributed by atoms with Crippen LogP contribution in [0.3, 0.4) is 0 Å². The van der Waals surface area contributed by atoms with Gasteiger partial charge in [0.15, 0.2) is 5.75 Å². The third-order valence-corrected chi connectivity index (χ3v) is 1.10. The van der Waals surface area contributed by atoms with Crippen LogP contribution in [-0.4, -0.2) is 7.11 Å². The van der Waals surface area contributed by atoms with Crippen LogP contribution in [0.4, 0.5) is 0 Å². The van der Waals surface area contributed by atoms with E-state index in [0.717, 1.165) is 0 Å². The molecule has 10 heavy (non-hydrogen) atoms. The van der Waals surface area contributed by atoms with Crippen LogP contribution in [0, 0.1) is 24.5 Å². The first-order valence-corrected chi connectivity index (χ1v) is 2.81. The summed E-state index contributed by atoms with van der Waals surface area (Å²) in [7, 11) is 1.58. The molecule has 0 aliphatic heterocycles. The molecular weight excluding hydrogens is 124 g/mol. The van der Waals surface area contributed by atoms with Crippen molar-refractivity contribution >= 4 is 0 Å². The highest BCUT2D eigenvalue weighted by molar-refractivity contribution is 5.31. The van der Waals surface area contributed by atoms with Crippen molar-refractivity contribution in [1.82, 2.24) is 0 Å². The molecule has 0 radical (unpaired) electrons. The summed E-state index contributed by atoms with van der Waals surface area (Å²) >= 11 is 0. The van der Waals surface area contributed by atoms with Crippen molar-refractivity contribution in [3.63, 3.8) is 0 Å². The topological polar surface area (TPSA) is 9.23 Å². The molecule has 0 bridgehead atoms. The Morgan fingerprint density at radius 1 is 1.50 bits per heavy atom. The standard InChI is InChI=1S/C9H6O/c1-3-8-4-6-9(10-2)7-5-8/h1,4,6H,2H3. The van der Waals surface area contributed by atoms with E-state index in [2.05, 4.69) is 18.1 Å². The maximum atomic E-state index is 5.10. The number of terminal acetylenes is 1. The second kappa shape index (κ2) is 2.80. The molecule has 0 fully saturated rings. The third-order valence-electron chi connectivity index (χ3n) is 1.10. The van der Waals surface area contributed by atoms with E-state index in [1.54, 1.807) is 19.2 Å². The molecule has 1 aromatic rings. The number of hydrogen-bond donors (Lipinski definition) is 0. The monoisotopic (exact) mass is 130 g/mol. The molecule has 0 saturated carbocycles. The van der Waals surface area contributed by atoms with Crippen LogP contribution in [0.25, 0.3) is 0 Å². The van der Waals surface area contributed by atoms with Gasteiger partial charge < -0.3 is 4.74 Å². The second-order valence-electron chi connectivity index (χ2n) is 1.71. The molecule has 1 rings (SSSR count). The molecule has 48 valence electrons. The fraction of sp³-hybridized carbons (Fsp3) is 0.111. The minimum absolute atomic E-state index is 0.652. The van der Waals surface area contributed by atoms with E-state index in [1.165, 1.54) is 0 Å². The Kier molecular flexibility index (Phi) is 1.83. The first kappa shape index (κ1) is 6.52. The average molecular weight is 130 g/mol. The van der Waals surface area contributed by atoms with E-state index in [-0.39, 0.29) is 0 Å². The SMILES string of the molecule is C#Cc1c#cc(OC)cc1. The normalized spacial score (nSPS) is 7.60. The van der Waals surface area contributed by atoms with Crippen molar-refractivity contribution in [1.29, 1.82) is 0 Å². The van der Waals surface area contributed by atoms with Crippen LogP contribution < -0.4 is 4.74 Å². The lowest BCUT2D eigenvalue weighted by atomic mass is 10.3. The lowest BCUT2D eigenvalue weighted by molar-refractivity contribution is 0.415. The van der Waals surface area contributed by atoms with Gasteiger partial charge in [0.1, 0.15) is 0 Å². The molecule has 1 heteroatoms. The zero-order valence-corrected chi connectivity index (χ0v) is 5.64. The summed E-state index contributed by atoms with van der Waals surface area (Å²) in [6.07, 6.45) is 5.10. The lowest BCUT2D eigenvalue weighted by Crippen LogP contribution is -1.79. The second-order valence-corrected chi connectivity index (χ2v) is 1.71. The molecular formula is C9H6O. The Balaban J connectivity index is 2.93. The molecule has 1 nitrogen and oxygen atoms in total. The molecule has 1 aromatic carbocycles. The van der Waals surface area contributed by atoms with Gasteiger partial charge in [0.25, 0.3) is 0 Å². The van der Waals surface area contributed by atoms with E-state index in [1.807, 2.05) is 0 Å². The molecule has 0 atom stereocenters. The zero-order chi connectivity index (χ0) is 7.40. The van der Waals surface area contributed by atoms with E-state index < -0.39 is 0 Å². The average Bonchev–Trinajstić information content (AvgIpc) is 2.05. The molecule has 0 aliphatic carbocycles. The van der Waals surface area contributed by atoms with Crippen molar-refractivity contribution in [3.05, 3.63) is 29.8 Å². The van der Waals surface area contributed by atoms with Crippen LogP contribution in [-0.2, 0) is 0 Å². The van der Waals surface area contributed by atoms with Crippen molar-refractivity contribution in [2.75, 3.05) is 7.11 Å². The molecule has 0 spiro atoms. The van der Waals surface area contributed by atoms with Gasteiger partial charge in [0.05, 0.1) is 12.7 Å².